The summed E-state index contributed by atoms with van der Waals surface area (Å²) in [5.41, 5.74) is 4.73. The molecule has 0 bridgehead atoms. The molecule has 3 N–H and O–H groups in total. The van der Waals surface area contributed by atoms with E-state index in [1.165, 1.54) is 0 Å². The van der Waals surface area contributed by atoms with E-state index in [9.17, 15) is 9.59 Å². The van der Waals surface area contributed by atoms with Crippen LogP contribution < -0.4 is 16.2 Å². The number of hydrazine groups is 1. The molecule has 100 valence electrons. The van der Waals surface area contributed by atoms with Gasteiger partial charge in [-0.05, 0) is 26.3 Å². The predicted octanol–water partition coefficient (Wildman–Crippen LogP) is -0.176. The molecule has 1 saturated heterocycles. The fourth-order valence-electron chi connectivity index (χ4n) is 2.00. The Kier molecular flexibility index (Phi) is 6.01. The number of likely N-dealkylation sites (tertiary alicyclic amines) is 1. The highest BCUT2D eigenvalue weighted by Gasteiger charge is 2.28. The number of rotatable bonds is 3. The summed E-state index contributed by atoms with van der Waals surface area (Å²) in [5, 5.41) is 2.53. The van der Waals surface area contributed by atoms with E-state index >= 15 is 0 Å². The van der Waals surface area contributed by atoms with Crippen LogP contribution in [0.25, 0.3) is 0 Å². The number of nitrogens with one attached hydrogen (secondary N) is 3. The highest BCUT2D eigenvalue weighted by molar-refractivity contribution is 5.84. The Morgan fingerprint density at radius 2 is 2.17 bits per heavy atom. The van der Waals surface area contributed by atoms with Gasteiger partial charge in [0.15, 0.2) is 0 Å². The molecule has 0 spiro atoms. The molecular weight excluding hydrogens is 232 g/mol. The van der Waals surface area contributed by atoms with Crippen molar-refractivity contribution in [2.75, 3.05) is 19.6 Å². The molecule has 1 atom stereocenters. The summed E-state index contributed by atoms with van der Waals surface area (Å²) in [7, 11) is 0. The quantitative estimate of drug-likeness (QED) is 0.482. The number of amides is 3. The number of carbonyl (C=O) groups is 2. The Bertz CT molecular complexity index is 337. The van der Waals surface area contributed by atoms with Gasteiger partial charge in [0.1, 0.15) is 0 Å². The molecule has 1 aliphatic heterocycles. The van der Waals surface area contributed by atoms with Gasteiger partial charge < -0.3 is 5.32 Å². The summed E-state index contributed by atoms with van der Waals surface area (Å²) < 4.78 is 0. The largest absolute Gasteiger partial charge is 0.337 e. The van der Waals surface area contributed by atoms with E-state index < -0.39 is 6.03 Å². The highest BCUT2D eigenvalue weighted by atomic mass is 16.2. The van der Waals surface area contributed by atoms with Crippen molar-refractivity contribution in [1.29, 1.82) is 0 Å². The summed E-state index contributed by atoms with van der Waals surface area (Å²) in [5.74, 6) is 2.34. The van der Waals surface area contributed by atoms with E-state index in [-0.39, 0.29) is 11.9 Å². The molecule has 6 heteroatoms. The van der Waals surface area contributed by atoms with E-state index in [1.54, 1.807) is 6.92 Å². The standard InChI is InChI=1S/C12H20N4O2/c1-3-8-16-9-6-5-7-10(16)11(17)14-15-12(18)13-4-2/h1,10H,4-9H2,2H3,(H,14,17)(H2,13,15,18). The lowest BCUT2D eigenvalue weighted by molar-refractivity contribution is -0.128. The van der Waals surface area contributed by atoms with Crippen molar-refractivity contribution >= 4 is 11.9 Å². The van der Waals surface area contributed by atoms with Gasteiger partial charge in [-0.2, -0.15) is 0 Å². The second-order valence-electron chi connectivity index (χ2n) is 4.16. The molecule has 1 fully saturated rings. The number of piperidine rings is 1. The molecule has 0 radical (unpaired) electrons. The molecule has 6 nitrogen and oxygen atoms in total. The zero-order valence-electron chi connectivity index (χ0n) is 10.7. The van der Waals surface area contributed by atoms with Gasteiger partial charge in [0.25, 0.3) is 5.91 Å². The van der Waals surface area contributed by atoms with Gasteiger partial charge in [-0.1, -0.05) is 12.3 Å². The number of urea groups is 1. The van der Waals surface area contributed by atoms with Gasteiger partial charge in [0.05, 0.1) is 12.6 Å². The van der Waals surface area contributed by atoms with Crippen LogP contribution in [-0.4, -0.2) is 42.5 Å². The molecule has 3 amide bonds. The van der Waals surface area contributed by atoms with Crippen molar-refractivity contribution in [2.45, 2.75) is 32.2 Å². The predicted molar refractivity (Wildman–Crippen MR) is 68.4 cm³/mol. The van der Waals surface area contributed by atoms with Gasteiger partial charge >= 0.3 is 6.03 Å². The van der Waals surface area contributed by atoms with E-state index in [1.807, 2.05) is 4.90 Å². The summed E-state index contributed by atoms with van der Waals surface area (Å²) >= 11 is 0. The Morgan fingerprint density at radius 1 is 1.39 bits per heavy atom. The van der Waals surface area contributed by atoms with E-state index in [0.717, 1.165) is 25.8 Å². The monoisotopic (exact) mass is 252 g/mol. The molecule has 0 saturated carbocycles. The van der Waals surface area contributed by atoms with Gasteiger partial charge in [0, 0.05) is 6.54 Å². The zero-order chi connectivity index (χ0) is 13.4. The Morgan fingerprint density at radius 3 is 2.83 bits per heavy atom. The highest BCUT2D eigenvalue weighted by Crippen LogP contribution is 2.16. The lowest BCUT2D eigenvalue weighted by atomic mass is 10.0. The van der Waals surface area contributed by atoms with Crippen LogP contribution in [0.3, 0.4) is 0 Å². The SMILES string of the molecule is C#CCN1CCCCC1C(=O)NNC(=O)NCC. The number of hydrogen-bond donors (Lipinski definition) is 3. The minimum Gasteiger partial charge on any atom is -0.337 e. The molecule has 0 aliphatic carbocycles. The molecular formula is C12H20N4O2. The zero-order valence-corrected chi connectivity index (χ0v) is 10.7. The first kappa shape index (κ1) is 14.3. The van der Waals surface area contributed by atoms with Gasteiger partial charge in [0.2, 0.25) is 0 Å². The maximum absolute atomic E-state index is 11.9. The van der Waals surface area contributed by atoms with Crippen molar-refractivity contribution in [3.63, 3.8) is 0 Å². The first-order valence-corrected chi connectivity index (χ1v) is 6.20. The fraction of sp³-hybridized carbons (Fsp3) is 0.667. The van der Waals surface area contributed by atoms with E-state index in [4.69, 9.17) is 6.42 Å². The van der Waals surface area contributed by atoms with E-state index in [0.29, 0.717) is 13.1 Å². The van der Waals surface area contributed by atoms with Gasteiger partial charge in [-0.15, -0.1) is 6.42 Å². The fourth-order valence-corrected chi connectivity index (χ4v) is 2.00. The Balaban J connectivity index is 2.43. The molecule has 0 aromatic rings. The second kappa shape index (κ2) is 7.56. The Labute approximate surface area is 107 Å². The maximum Gasteiger partial charge on any atom is 0.333 e. The van der Waals surface area contributed by atoms with Crippen molar-refractivity contribution in [2.24, 2.45) is 0 Å². The smallest absolute Gasteiger partial charge is 0.333 e. The summed E-state index contributed by atoms with van der Waals surface area (Å²) in [6.45, 7) is 3.59. The summed E-state index contributed by atoms with van der Waals surface area (Å²) in [6.07, 6.45) is 8.10. The van der Waals surface area contributed by atoms with Crippen LogP contribution in [0, 0.1) is 12.3 Å². The average molecular weight is 252 g/mol. The molecule has 0 aromatic carbocycles. The average Bonchev–Trinajstić information content (AvgIpc) is 2.37. The van der Waals surface area contributed by atoms with Crippen molar-refractivity contribution in [3.8, 4) is 12.3 Å². The summed E-state index contributed by atoms with van der Waals surface area (Å²) in [6, 6.07) is -0.665. The first-order chi connectivity index (χ1) is 8.69. The van der Waals surface area contributed by atoms with Crippen molar-refractivity contribution in [1.82, 2.24) is 21.1 Å². The van der Waals surface area contributed by atoms with Crippen LogP contribution in [0.4, 0.5) is 4.79 Å². The Hall–Kier alpha value is -1.74. The topological polar surface area (TPSA) is 73.5 Å². The van der Waals surface area contributed by atoms with Crippen LogP contribution >= 0.6 is 0 Å². The molecule has 0 aromatic heterocycles. The maximum atomic E-state index is 11.9. The molecule has 1 heterocycles. The minimum atomic E-state index is -0.412. The van der Waals surface area contributed by atoms with Crippen LogP contribution in [0.1, 0.15) is 26.2 Å². The number of terminal acetylenes is 1. The number of nitrogens with zero attached hydrogens (tertiary/aromatic N) is 1. The van der Waals surface area contributed by atoms with Crippen molar-refractivity contribution in [3.05, 3.63) is 0 Å². The molecule has 1 rings (SSSR count). The molecule has 1 aliphatic rings. The van der Waals surface area contributed by atoms with Gasteiger partial charge in [-0.3, -0.25) is 15.1 Å². The second-order valence-corrected chi connectivity index (χ2v) is 4.16. The number of carbonyl (C=O) groups excluding carboxylic acids is 2. The van der Waals surface area contributed by atoms with Crippen molar-refractivity contribution < 1.29 is 9.59 Å². The number of hydrogen-bond acceptors (Lipinski definition) is 3. The third kappa shape index (κ3) is 4.26. The van der Waals surface area contributed by atoms with Crippen LogP contribution in [0.15, 0.2) is 0 Å². The summed E-state index contributed by atoms with van der Waals surface area (Å²) in [4.78, 5) is 25.0. The minimum absolute atomic E-state index is 0.212. The van der Waals surface area contributed by atoms with Gasteiger partial charge in [-0.25, -0.2) is 10.2 Å². The lowest BCUT2D eigenvalue weighted by Gasteiger charge is -2.33. The van der Waals surface area contributed by atoms with Crippen LogP contribution in [-0.2, 0) is 4.79 Å². The molecule has 1 unspecified atom stereocenters. The normalized spacial score (nSPS) is 19.7. The lowest BCUT2D eigenvalue weighted by Crippen LogP contribution is -2.55. The third-order valence-electron chi connectivity index (χ3n) is 2.85. The van der Waals surface area contributed by atoms with E-state index in [2.05, 4.69) is 22.1 Å². The van der Waals surface area contributed by atoms with Crippen LogP contribution in [0.2, 0.25) is 0 Å². The first-order valence-electron chi connectivity index (χ1n) is 6.20. The van der Waals surface area contributed by atoms with Crippen LogP contribution in [0.5, 0.6) is 0 Å². The third-order valence-corrected chi connectivity index (χ3v) is 2.85. The molecule has 18 heavy (non-hydrogen) atoms.